The number of carbonyl (C=O) groups is 2. The summed E-state index contributed by atoms with van der Waals surface area (Å²) in [5.41, 5.74) is -0.405. The summed E-state index contributed by atoms with van der Waals surface area (Å²) in [6, 6.07) is 3.52. The standard InChI is InChI=1S/C14H12ClF3O6/c1-21-6-11(13(20)22-2)24-10-4-3-8(15)5-9(10)12(19)23-7-14(16,17)18/h3-6H,7H2,1-2H3/b11-6+. The topological polar surface area (TPSA) is 71.1 Å². The Kier molecular flexibility index (Phi) is 6.90. The van der Waals surface area contributed by atoms with Gasteiger partial charge in [-0.25, -0.2) is 9.59 Å². The quantitative estimate of drug-likeness (QED) is 0.436. The molecule has 0 heterocycles. The number of ether oxygens (including phenoxy) is 4. The van der Waals surface area contributed by atoms with Crippen LogP contribution in [0.3, 0.4) is 0 Å². The Hall–Kier alpha value is -2.42. The molecule has 0 N–H and O–H groups in total. The average molecular weight is 369 g/mol. The fraction of sp³-hybridized carbons (Fsp3) is 0.286. The number of halogens is 4. The highest BCUT2D eigenvalue weighted by Crippen LogP contribution is 2.26. The first-order chi connectivity index (χ1) is 11.2. The van der Waals surface area contributed by atoms with Crippen molar-refractivity contribution in [3.8, 4) is 5.75 Å². The van der Waals surface area contributed by atoms with Crippen molar-refractivity contribution in [1.82, 2.24) is 0 Å². The number of alkyl halides is 3. The summed E-state index contributed by atoms with van der Waals surface area (Å²) in [4.78, 5) is 23.3. The van der Waals surface area contributed by atoms with Crippen LogP contribution in [0.1, 0.15) is 10.4 Å². The second kappa shape index (κ2) is 8.44. The summed E-state index contributed by atoms with van der Waals surface area (Å²) in [6.07, 6.45) is -3.80. The monoisotopic (exact) mass is 368 g/mol. The van der Waals surface area contributed by atoms with Gasteiger partial charge in [0.1, 0.15) is 17.6 Å². The van der Waals surface area contributed by atoms with Gasteiger partial charge in [0.05, 0.1) is 14.2 Å². The predicted octanol–water partition coefficient (Wildman–Crippen LogP) is 3.10. The molecular weight excluding hydrogens is 357 g/mol. The molecule has 10 heteroatoms. The lowest BCUT2D eigenvalue weighted by Gasteiger charge is -2.13. The minimum atomic E-state index is -4.69. The Bertz CT molecular complexity index is 642. The third-order valence-electron chi connectivity index (χ3n) is 2.36. The van der Waals surface area contributed by atoms with Crippen molar-refractivity contribution < 1.29 is 41.7 Å². The van der Waals surface area contributed by atoms with Crippen LogP contribution in [0.2, 0.25) is 5.02 Å². The number of rotatable bonds is 6. The zero-order chi connectivity index (χ0) is 18.3. The van der Waals surface area contributed by atoms with Crippen molar-refractivity contribution in [3.63, 3.8) is 0 Å². The smallest absolute Gasteiger partial charge is 0.422 e. The summed E-state index contributed by atoms with van der Waals surface area (Å²) >= 11 is 5.72. The molecule has 0 amide bonds. The number of hydrogen-bond acceptors (Lipinski definition) is 6. The maximum atomic E-state index is 12.2. The fourth-order valence-corrected chi connectivity index (χ4v) is 1.59. The molecule has 0 saturated carbocycles. The van der Waals surface area contributed by atoms with Gasteiger partial charge in [-0.05, 0) is 18.2 Å². The van der Waals surface area contributed by atoms with E-state index in [-0.39, 0.29) is 10.8 Å². The third-order valence-corrected chi connectivity index (χ3v) is 2.59. The Morgan fingerprint density at radius 1 is 1.25 bits per heavy atom. The van der Waals surface area contributed by atoms with Gasteiger partial charge in [0.25, 0.3) is 0 Å². The van der Waals surface area contributed by atoms with Gasteiger partial charge in [-0.2, -0.15) is 13.2 Å². The number of methoxy groups -OCH3 is 2. The zero-order valence-electron chi connectivity index (χ0n) is 12.5. The van der Waals surface area contributed by atoms with E-state index in [9.17, 15) is 22.8 Å². The maximum absolute atomic E-state index is 12.2. The van der Waals surface area contributed by atoms with E-state index in [0.717, 1.165) is 19.4 Å². The molecule has 0 aliphatic rings. The van der Waals surface area contributed by atoms with Crippen LogP contribution in [0, 0.1) is 0 Å². The van der Waals surface area contributed by atoms with Gasteiger partial charge in [-0.3, -0.25) is 0 Å². The molecule has 0 spiro atoms. The van der Waals surface area contributed by atoms with E-state index in [4.69, 9.17) is 16.3 Å². The lowest BCUT2D eigenvalue weighted by molar-refractivity contribution is -0.161. The first kappa shape index (κ1) is 19.6. The van der Waals surface area contributed by atoms with Gasteiger partial charge < -0.3 is 18.9 Å². The Morgan fingerprint density at radius 3 is 2.46 bits per heavy atom. The maximum Gasteiger partial charge on any atom is 0.422 e. The van der Waals surface area contributed by atoms with Crippen LogP contribution in [-0.4, -0.2) is 38.9 Å². The second-order valence-electron chi connectivity index (χ2n) is 4.14. The van der Waals surface area contributed by atoms with Gasteiger partial charge in [0.15, 0.2) is 6.61 Å². The molecule has 0 unspecified atom stereocenters. The van der Waals surface area contributed by atoms with Gasteiger partial charge >= 0.3 is 18.1 Å². The van der Waals surface area contributed by atoms with E-state index in [2.05, 4.69) is 14.2 Å². The van der Waals surface area contributed by atoms with Gasteiger partial charge in [-0.15, -0.1) is 0 Å². The molecule has 6 nitrogen and oxygen atoms in total. The molecule has 0 fully saturated rings. The highest BCUT2D eigenvalue weighted by Gasteiger charge is 2.30. The van der Waals surface area contributed by atoms with E-state index >= 15 is 0 Å². The normalized spacial score (nSPS) is 11.7. The fourth-order valence-electron chi connectivity index (χ4n) is 1.42. The highest BCUT2D eigenvalue weighted by molar-refractivity contribution is 6.31. The van der Waals surface area contributed by atoms with Crippen LogP contribution in [0.4, 0.5) is 13.2 Å². The molecule has 24 heavy (non-hydrogen) atoms. The van der Waals surface area contributed by atoms with Crippen molar-refractivity contribution in [2.75, 3.05) is 20.8 Å². The number of esters is 2. The second-order valence-corrected chi connectivity index (χ2v) is 4.58. The third kappa shape index (κ3) is 5.99. The van der Waals surface area contributed by atoms with E-state index in [1.165, 1.54) is 19.2 Å². The van der Waals surface area contributed by atoms with Crippen molar-refractivity contribution in [2.24, 2.45) is 0 Å². The van der Waals surface area contributed by atoms with Crippen LogP contribution in [0.5, 0.6) is 5.75 Å². The minimum absolute atomic E-state index is 0.0525. The molecule has 1 rings (SSSR count). The van der Waals surface area contributed by atoms with E-state index in [1.807, 2.05) is 0 Å². The van der Waals surface area contributed by atoms with Gasteiger partial charge in [-0.1, -0.05) is 11.6 Å². The SMILES string of the molecule is CO/C=C(/Oc1ccc(Cl)cc1C(=O)OCC(F)(F)F)C(=O)OC. The van der Waals surface area contributed by atoms with Crippen molar-refractivity contribution in [2.45, 2.75) is 6.18 Å². The number of hydrogen-bond donors (Lipinski definition) is 0. The van der Waals surface area contributed by atoms with Gasteiger partial charge in [0, 0.05) is 5.02 Å². The van der Waals surface area contributed by atoms with Crippen LogP contribution in [-0.2, 0) is 19.0 Å². The molecule has 0 aliphatic carbocycles. The summed E-state index contributed by atoms with van der Waals surface area (Å²) in [5.74, 6) is -2.96. The average Bonchev–Trinajstić information content (AvgIpc) is 2.52. The van der Waals surface area contributed by atoms with Crippen LogP contribution in [0.15, 0.2) is 30.2 Å². The highest BCUT2D eigenvalue weighted by atomic mass is 35.5. The molecule has 0 atom stereocenters. The lowest BCUT2D eigenvalue weighted by Crippen LogP contribution is -2.21. The van der Waals surface area contributed by atoms with E-state index < -0.39 is 36.0 Å². The Morgan fingerprint density at radius 2 is 1.92 bits per heavy atom. The molecule has 1 aromatic carbocycles. The molecule has 0 bridgehead atoms. The molecule has 0 aromatic heterocycles. The van der Waals surface area contributed by atoms with Crippen molar-refractivity contribution in [1.29, 1.82) is 0 Å². The molecule has 1 aromatic rings. The molecular formula is C14H12ClF3O6. The summed E-state index contributed by atoms with van der Waals surface area (Å²) in [7, 11) is 2.31. The van der Waals surface area contributed by atoms with Crippen LogP contribution >= 0.6 is 11.6 Å². The molecule has 0 radical (unpaired) electrons. The molecule has 132 valence electrons. The summed E-state index contributed by atoms with van der Waals surface area (Å²) in [5, 5.41) is 0.0525. The largest absolute Gasteiger partial charge is 0.500 e. The van der Waals surface area contributed by atoms with Crippen molar-refractivity contribution >= 4 is 23.5 Å². The Balaban J connectivity index is 3.09. The van der Waals surface area contributed by atoms with E-state index in [0.29, 0.717) is 0 Å². The van der Waals surface area contributed by atoms with Crippen LogP contribution < -0.4 is 4.74 Å². The summed E-state index contributed by atoms with van der Waals surface area (Å²) < 4.78 is 54.9. The molecule has 0 saturated heterocycles. The lowest BCUT2D eigenvalue weighted by atomic mass is 10.2. The first-order valence-electron chi connectivity index (χ1n) is 6.20. The minimum Gasteiger partial charge on any atom is -0.500 e. The van der Waals surface area contributed by atoms with Crippen molar-refractivity contribution in [3.05, 3.63) is 40.8 Å². The number of carbonyl (C=O) groups excluding carboxylic acids is 2. The van der Waals surface area contributed by atoms with Gasteiger partial charge in [0.2, 0.25) is 5.76 Å². The number of benzene rings is 1. The Labute approximate surface area is 139 Å². The van der Waals surface area contributed by atoms with Crippen LogP contribution in [0.25, 0.3) is 0 Å². The molecule has 0 aliphatic heterocycles. The summed E-state index contributed by atoms with van der Waals surface area (Å²) in [6.45, 7) is -1.78. The zero-order valence-corrected chi connectivity index (χ0v) is 13.2. The predicted molar refractivity (Wildman–Crippen MR) is 75.5 cm³/mol. The first-order valence-corrected chi connectivity index (χ1v) is 6.58. The van der Waals surface area contributed by atoms with E-state index in [1.54, 1.807) is 0 Å².